The third kappa shape index (κ3) is 2.53. The van der Waals surface area contributed by atoms with Crippen molar-refractivity contribution in [3.63, 3.8) is 0 Å². The van der Waals surface area contributed by atoms with E-state index in [1.165, 1.54) is 0 Å². The first-order valence-corrected chi connectivity index (χ1v) is 7.57. The van der Waals surface area contributed by atoms with Crippen LogP contribution in [0, 0.1) is 6.92 Å². The lowest BCUT2D eigenvalue weighted by Crippen LogP contribution is -2.25. The Labute approximate surface area is 127 Å². The maximum absolute atomic E-state index is 12.5. The molecule has 2 aromatic heterocycles. The van der Waals surface area contributed by atoms with E-state index >= 15 is 0 Å². The molecule has 2 aromatic rings. The van der Waals surface area contributed by atoms with Crippen LogP contribution in [0.15, 0.2) is 6.20 Å². The van der Waals surface area contributed by atoms with Crippen LogP contribution in [-0.4, -0.2) is 30.4 Å². The summed E-state index contributed by atoms with van der Waals surface area (Å²) in [6, 6.07) is 0. The van der Waals surface area contributed by atoms with Crippen molar-refractivity contribution in [3.05, 3.63) is 33.8 Å². The van der Waals surface area contributed by atoms with Gasteiger partial charge in [0, 0.05) is 23.7 Å². The van der Waals surface area contributed by atoms with E-state index in [1.54, 1.807) is 11.8 Å². The minimum Gasteiger partial charge on any atom is -0.327 e. The van der Waals surface area contributed by atoms with Gasteiger partial charge in [0.2, 0.25) is 0 Å². The average molecular weight is 303 g/mol. The standard InChI is InChI=1S/C14H17N5OS/c1-8-11(21-18-17-8)12(20)19-6-9-5-15-13(14(2,3)4)16-10(9)7-19/h5H,6-7H2,1-4H3. The lowest BCUT2D eigenvalue weighted by molar-refractivity contribution is 0.0754. The zero-order valence-electron chi connectivity index (χ0n) is 12.5. The second-order valence-corrected chi connectivity index (χ2v) is 7.02. The highest BCUT2D eigenvalue weighted by atomic mass is 32.1. The van der Waals surface area contributed by atoms with Crippen molar-refractivity contribution in [1.82, 2.24) is 24.5 Å². The molecule has 1 amide bonds. The first-order chi connectivity index (χ1) is 9.86. The van der Waals surface area contributed by atoms with Crippen LogP contribution in [0.2, 0.25) is 0 Å². The summed E-state index contributed by atoms with van der Waals surface area (Å²) in [6.07, 6.45) is 1.84. The molecule has 0 spiro atoms. The Morgan fingerprint density at radius 3 is 2.71 bits per heavy atom. The number of amides is 1. The molecule has 3 heterocycles. The fourth-order valence-electron chi connectivity index (χ4n) is 2.23. The molecule has 3 rings (SSSR count). The molecule has 0 aromatic carbocycles. The number of nitrogens with zero attached hydrogens (tertiary/aromatic N) is 5. The second-order valence-electron chi connectivity index (χ2n) is 6.26. The number of hydrogen-bond donors (Lipinski definition) is 0. The first-order valence-electron chi connectivity index (χ1n) is 6.80. The Morgan fingerprint density at radius 2 is 2.10 bits per heavy atom. The van der Waals surface area contributed by atoms with Gasteiger partial charge in [0.25, 0.3) is 5.91 Å². The molecular weight excluding hydrogens is 286 g/mol. The Morgan fingerprint density at radius 1 is 1.33 bits per heavy atom. The topological polar surface area (TPSA) is 71.9 Å². The number of rotatable bonds is 1. The van der Waals surface area contributed by atoms with Gasteiger partial charge in [0.1, 0.15) is 10.7 Å². The summed E-state index contributed by atoms with van der Waals surface area (Å²) in [4.78, 5) is 23.9. The van der Waals surface area contributed by atoms with Crippen LogP contribution in [0.5, 0.6) is 0 Å². The van der Waals surface area contributed by atoms with Gasteiger partial charge < -0.3 is 4.90 Å². The van der Waals surface area contributed by atoms with Gasteiger partial charge in [-0.2, -0.15) is 0 Å². The van der Waals surface area contributed by atoms with Crippen LogP contribution in [0.4, 0.5) is 0 Å². The Balaban J connectivity index is 1.85. The van der Waals surface area contributed by atoms with Crippen molar-refractivity contribution in [1.29, 1.82) is 0 Å². The molecule has 0 radical (unpaired) electrons. The van der Waals surface area contributed by atoms with Crippen molar-refractivity contribution < 1.29 is 4.79 Å². The van der Waals surface area contributed by atoms with Crippen molar-refractivity contribution in [2.45, 2.75) is 46.2 Å². The molecular formula is C14H17N5OS. The quantitative estimate of drug-likeness (QED) is 0.806. The normalized spacial score (nSPS) is 14.4. The third-order valence-electron chi connectivity index (χ3n) is 3.46. The summed E-state index contributed by atoms with van der Waals surface area (Å²) >= 11 is 1.14. The maximum Gasteiger partial charge on any atom is 0.268 e. The number of carbonyl (C=O) groups is 1. The largest absolute Gasteiger partial charge is 0.327 e. The molecule has 1 aliphatic rings. The first kappa shape index (κ1) is 14.1. The predicted molar refractivity (Wildman–Crippen MR) is 79.0 cm³/mol. The highest BCUT2D eigenvalue weighted by Gasteiger charge is 2.29. The molecule has 0 bridgehead atoms. The molecule has 110 valence electrons. The lowest BCUT2D eigenvalue weighted by atomic mass is 9.95. The van der Waals surface area contributed by atoms with E-state index in [1.807, 2.05) is 6.20 Å². The smallest absolute Gasteiger partial charge is 0.268 e. The molecule has 0 unspecified atom stereocenters. The number of aromatic nitrogens is 4. The zero-order valence-corrected chi connectivity index (χ0v) is 13.4. The third-order valence-corrected chi connectivity index (χ3v) is 4.28. The highest BCUT2D eigenvalue weighted by Crippen LogP contribution is 2.26. The Hall–Kier alpha value is -1.89. The van der Waals surface area contributed by atoms with Crippen LogP contribution >= 0.6 is 11.5 Å². The Bertz CT molecular complexity index is 704. The number of carbonyl (C=O) groups excluding carboxylic acids is 1. The van der Waals surface area contributed by atoms with Crippen molar-refractivity contribution >= 4 is 17.4 Å². The molecule has 7 heteroatoms. The van der Waals surface area contributed by atoms with E-state index in [4.69, 9.17) is 0 Å². The van der Waals surface area contributed by atoms with Gasteiger partial charge in [-0.05, 0) is 18.5 Å². The van der Waals surface area contributed by atoms with E-state index in [9.17, 15) is 4.79 Å². The fourth-order valence-corrected chi connectivity index (χ4v) is 2.85. The summed E-state index contributed by atoms with van der Waals surface area (Å²) in [5, 5.41) is 3.90. The van der Waals surface area contributed by atoms with Gasteiger partial charge in [-0.15, -0.1) is 5.10 Å². The van der Waals surface area contributed by atoms with Crippen LogP contribution in [-0.2, 0) is 18.5 Å². The van der Waals surface area contributed by atoms with Gasteiger partial charge in [-0.3, -0.25) is 4.79 Å². The predicted octanol–water partition coefficient (Wildman–Crippen LogP) is 2.09. The summed E-state index contributed by atoms with van der Waals surface area (Å²) in [7, 11) is 0. The number of hydrogen-bond acceptors (Lipinski definition) is 6. The SMILES string of the molecule is Cc1nnsc1C(=O)N1Cc2cnc(C(C)(C)C)nc2C1. The molecule has 0 saturated carbocycles. The van der Waals surface area contributed by atoms with Crippen molar-refractivity contribution in [3.8, 4) is 0 Å². The van der Waals surface area contributed by atoms with Gasteiger partial charge in [0.15, 0.2) is 0 Å². The van der Waals surface area contributed by atoms with E-state index in [0.717, 1.165) is 28.6 Å². The van der Waals surface area contributed by atoms with E-state index in [-0.39, 0.29) is 11.3 Å². The number of aryl methyl sites for hydroxylation is 1. The average Bonchev–Trinajstić information content (AvgIpc) is 3.01. The van der Waals surface area contributed by atoms with E-state index < -0.39 is 0 Å². The van der Waals surface area contributed by atoms with E-state index in [0.29, 0.717) is 23.7 Å². The van der Waals surface area contributed by atoms with Gasteiger partial charge in [-0.1, -0.05) is 25.3 Å². The zero-order chi connectivity index (χ0) is 15.2. The van der Waals surface area contributed by atoms with Crippen LogP contribution < -0.4 is 0 Å². The van der Waals surface area contributed by atoms with Crippen LogP contribution in [0.1, 0.15) is 53.2 Å². The summed E-state index contributed by atoms with van der Waals surface area (Å²) in [5.41, 5.74) is 2.55. The van der Waals surface area contributed by atoms with Crippen molar-refractivity contribution in [2.75, 3.05) is 0 Å². The second kappa shape index (κ2) is 4.84. The lowest BCUT2D eigenvalue weighted by Gasteiger charge is -2.16. The Kier molecular flexibility index (Phi) is 3.24. The number of fused-ring (bicyclic) bond motifs is 1. The monoisotopic (exact) mass is 303 g/mol. The van der Waals surface area contributed by atoms with Gasteiger partial charge >= 0.3 is 0 Å². The van der Waals surface area contributed by atoms with Gasteiger partial charge in [0.05, 0.1) is 17.9 Å². The summed E-state index contributed by atoms with van der Waals surface area (Å²) < 4.78 is 3.83. The minimum absolute atomic E-state index is 0.0298. The molecule has 6 nitrogen and oxygen atoms in total. The van der Waals surface area contributed by atoms with Crippen LogP contribution in [0.25, 0.3) is 0 Å². The summed E-state index contributed by atoms with van der Waals surface area (Å²) in [5.74, 6) is 0.781. The molecule has 21 heavy (non-hydrogen) atoms. The van der Waals surface area contributed by atoms with Crippen LogP contribution in [0.3, 0.4) is 0 Å². The van der Waals surface area contributed by atoms with Gasteiger partial charge in [-0.25, -0.2) is 9.97 Å². The molecule has 0 aliphatic carbocycles. The molecule has 0 atom stereocenters. The minimum atomic E-state index is -0.0926. The molecule has 1 aliphatic heterocycles. The fraction of sp³-hybridized carbons (Fsp3) is 0.500. The highest BCUT2D eigenvalue weighted by molar-refractivity contribution is 7.07. The van der Waals surface area contributed by atoms with Crippen molar-refractivity contribution in [2.24, 2.45) is 0 Å². The maximum atomic E-state index is 12.5. The molecule has 0 N–H and O–H groups in total. The van der Waals surface area contributed by atoms with E-state index in [2.05, 4.69) is 40.3 Å². The molecule has 0 saturated heterocycles. The summed E-state index contributed by atoms with van der Waals surface area (Å²) in [6.45, 7) is 9.13. The molecule has 0 fully saturated rings.